The second-order valence-electron chi connectivity index (χ2n) is 6.12. The third-order valence-electron chi connectivity index (χ3n) is 4.37. The minimum atomic E-state index is -0.690. The zero-order valence-corrected chi connectivity index (χ0v) is 13.8. The van der Waals surface area contributed by atoms with Crippen molar-refractivity contribution in [2.45, 2.75) is 18.9 Å². The second-order valence-corrected chi connectivity index (χ2v) is 6.12. The molecule has 2 heterocycles. The maximum Gasteiger partial charge on any atom is 0.328 e. The topological polar surface area (TPSA) is 87.2 Å². The lowest BCUT2D eigenvalue weighted by Gasteiger charge is -2.34. The summed E-state index contributed by atoms with van der Waals surface area (Å²) in [5.41, 5.74) is -0.387. The van der Waals surface area contributed by atoms with Gasteiger partial charge in [0.2, 0.25) is 0 Å². The average molecular weight is 346 g/mol. The zero-order valence-electron chi connectivity index (χ0n) is 13.8. The van der Waals surface area contributed by atoms with Gasteiger partial charge in [-0.15, -0.1) is 0 Å². The molecule has 25 heavy (non-hydrogen) atoms. The number of aryl methyl sites for hydroxylation is 1. The number of hydrogen-bond acceptors (Lipinski definition) is 4. The molecule has 1 aliphatic heterocycles. The van der Waals surface area contributed by atoms with Gasteiger partial charge in [0.15, 0.2) is 0 Å². The normalized spacial score (nSPS) is 15.2. The smallest absolute Gasteiger partial charge is 0.328 e. The molecule has 1 fully saturated rings. The van der Waals surface area contributed by atoms with E-state index < -0.39 is 17.2 Å². The van der Waals surface area contributed by atoms with E-state index in [4.69, 9.17) is 0 Å². The minimum absolute atomic E-state index is 0.0548. The highest BCUT2D eigenvalue weighted by Gasteiger charge is 2.22. The fourth-order valence-corrected chi connectivity index (χ4v) is 2.92. The van der Waals surface area contributed by atoms with Crippen LogP contribution in [0.3, 0.4) is 0 Å². The first-order chi connectivity index (χ1) is 11.9. The lowest BCUT2D eigenvalue weighted by Crippen LogP contribution is -2.46. The molecule has 0 spiro atoms. The Balaban J connectivity index is 1.61. The van der Waals surface area contributed by atoms with Gasteiger partial charge in [-0.1, -0.05) is 0 Å². The van der Waals surface area contributed by atoms with Crippen LogP contribution < -0.4 is 21.5 Å². The molecule has 0 radical (unpaired) electrons. The molecule has 2 N–H and O–H groups in total. The lowest BCUT2D eigenvalue weighted by molar-refractivity contribution is 0.0928. The van der Waals surface area contributed by atoms with Gasteiger partial charge in [0.1, 0.15) is 11.4 Å². The van der Waals surface area contributed by atoms with Crippen molar-refractivity contribution in [2.24, 2.45) is 7.05 Å². The number of carbonyl (C=O) groups excluding carboxylic acids is 1. The van der Waals surface area contributed by atoms with E-state index in [0.717, 1.165) is 23.3 Å². The molecule has 132 valence electrons. The van der Waals surface area contributed by atoms with E-state index in [1.807, 2.05) is 0 Å². The van der Waals surface area contributed by atoms with Crippen molar-refractivity contribution in [3.8, 4) is 0 Å². The summed E-state index contributed by atoms with van der Waals surface area (Å²) >= 11 is 0. The standard InChI is InChI=1S/C17H19FN4O3/c1-21-10-14(16(24)20-17(21)25)15(23)19-12-6-8-22(9-7-12)13-4-2-11(18)3-5-13/h2-5,10,12H,6-9H2,1H3,(H,19,23)(H,20,24,25). The number of anilines is 1. The van der Waals surface area contributed by atoms with E-state index in [1.54, 1.807) is 12.1 Å². The molecule has 8 heteroatoms. The van der Waals surface area contributed by atoms with E-state index in [2.05, 4.69) is 15.2 Å². The first kappa shape index (κ1) is 16.9. The number of nitrogens with zero attached hydrogens (tertiary/aromatic N) is 2. The molecule has 0 unspecified atom stereocenters. The summed E-state index contributed by atoms with van der Waals surface area (Å²) in [5, 5.41) is 2.84. The van der Waals surface area contributed by atoms with Crippen LogP contribution in [0.25, 0.3) is 0 Å². The van der Waals surface area contributed by atoms with E-state index in [-0.39, 0.29) is 17.4 Å². The van der Waals surface area contributed by atoms with Crippen molar-refractivity contribution < 1.29 is 9.18 Å². The Hall–Kier alpha value is -2.90. The van der Waals surface area contributed by atoms with Gasteiger partial charge in [-0.05, 0) is 37.1 Å². The van der Waals surface area contributed by atoms with E-state index in [0.29, 0.717) is 12.8 Å². The fourth-order valence-electron chi connectivity index (χ4n) is 2.92. The largest absolute Gasteiger partial charge is 0.371 e. The van der Waals surface area contributed by atoms with Gasteiger partial charge in [-0.25, -0.2) is 9.18 Å². The zero-order chi connectivity index (χ0) is 18.0. The number of rotatable bonds is 3. The third-order valence-corrected chi connectivity index (χ3v) is 4.37. The second kappa shape index (κ2) is 6.92. The molecule has 3 rings (SSSR count). The first-order valence-corrected chi connectivity index (χ1v) is 8.05. The number of H-pyrrole nitrogens is 1. The van der Waals surface area contributed by atoms with Gasteiger partial charge in [0.05, 0.1) is 0 Å². The van der Waals surface area contributed by atoms with E-state index in [9.17, 15) is 18.8 Å². The Morgan fingerprint density at radius 2 is 1.84 bits per heavy atom. The predicted molar refractivity (Wildman–Crippen MR) is 91.4 cm³/mol. The number of nitrogens with one attached hydrogen (secondary N) is 2. The number of hydrogen-bond donors (Lipinski definition) is 2. The van der Waals surface area contributed by atoms with Crippen LogP contribution in [-0.2, 0) is 7.05 Å². The molecule has 2 aromatic rings. The summed E-state index contributed by atoms with van der Waals surface area (Å²) in [4.78, 5) is 39.6. The number of halogens is 1. The van der Waals surface area contributed by atoms with Gasteiger partial charge in [0.25, 0.3) is 11.5 Å². The van der Waals surface area contributed by atoms with Crippen LogP contribution in [0.15, 0.2) is 40.1 Å². The Bertz CT molecular complexity index is 880. The van der Waals surface area contributed by atoms with Crippen LogP contribution in [0.2, 0.25) is 0 Å². The SMILES string of the molecule is Cn1cc(C(=O)NC2CCN(c3ccc(F)cc3)CC2)c(=O)[nH]c1=O. The lowest BCUT2D eigenvalue weighted by atomic mass is 10.0. The van der Waals surface area contributed by atoms with Crippen LogP contribution in [0.1, 0.15) is 23.2 Å². The number of amides is 1. The van der Waals surface area contributed by atoms with Gasteiger partial charge < -0.3 is 14.8 Å². The molecule has 1 saturated heterocycles. The highest BCUT2D eigenvalue weighted by molar-refractivity contribution is 5.93. The molecular weight excluding hydrogens is 327 g/mol. The molecule has 1 aromatic carbocycles. The van der Waals surface area contributed by atoms with Crippen molar-refractivity contribution in [1.29, 1.82) is 0 Å². The van der Waals surface area contributed by atoms with Crippen LogP contribution in [0, 0.1) is 5.82 Å². The van der Waals surface area contributed by atoms with Crippen molar-refractivity contribution in [3.63, 3.8) is 0 Å². The van der Waals surface area contributed by atoms with Crippen LogP contribution >= 0.6 is 0 Å². The molecule has 0 atom stereocenters. The monoisotopic (exact) mass is 346 g/mol. The summed E-state index contributed by atoms with van der Waals surface area (Å²) in [5.74, 6) is -0.759. The molecule has 7 nitrogen and oxygen atoms in total. The fraction of sp³-hybridized carbons (Fsp3) is 0.353. The van der Waals surface area contributed by atoms with Crippen LogP contribution in [0.4, 0.5) is 10.1 Å². The van der Waals surface area contributed by atoms with E-state index in [1.165, 1.54) is 25.4 Å². The van der Waals surface area contributed by atoms with Crippen molar-refractivity contribution in [2.75, 3.05) is 18.0 Å². The van der Waals surface area contributed by atoms with Gasteiger partial charge >= 0.3 is 5.69 Å². The number of carbonyl (C=O) groups is 1. The Morgan fingerprint density at radius 3 is 2.48 bits per heavy atom. The molecule has 1 aromatic heterocycles. The number of aromatic nitrogens is 2. The Labute approximate surface area is 143 Å². The van der Waals surface area contributed by atoms with Crippen LogP contribution in [-0.4, -0.2) is 34.6 Å². The highest BCUT2D eigenvalue weighted by Crippen LogP contribution is 2.20. The minimum Gasteiger partial charge on any atom is -0.371 e. The van der Waals surface area contributed by atoms with Crippen molar-refractivity contribution in [1.82, 2.24) is 14.9 Å². The molecule has 0 saturated carbocycles. The highest BCUT2D eigenvalue weighted by atomic mass is 19.1. The molecular formula is C17H19FN4O3. The van der Waals surface area contributed by atoms with Crippen molar-refractivity contribution >= 4 is 11.6 Å². The summed E-state index contributed by atoms with van der Waals surface area (Å²) in [7, 11) is 1.47. The van der Waals surface area contributed by atoms with Crippen molar-refractivity contribution in [3.05, 3.63) is 62.7 Å². The molecule has 1 amide bonds. The summed E-state index contributed by atoms with van der Waals surface area (Å²) in [6.07, 6.45) is 2.67. The number of piperidine rings is 1. The maximum absolute atomic E-state index is 13.0. The quantitative estimate of drug-likeness (QED) is 0.853. The molecule has 1 aliphatic rings. The Morgan fingerprint density at radius 1 is 1.20 bits per heavy atom. The number of aromatic amines is 1. The third kappa shape index (κ3) is 3.78. The van der Waals surface area contributed by atoms with Gasteiger partial charge in [0, 0.05) is 38.1 Å². The molecule has 0 aliphatic carbocycles. The van der Waals surface area contributed by atoms with Crippen LogP contribution in [0.5, 0.6) is 0 Å². The Kier molecular flexibility index (Phi) is 4.69. The number of benzene rings is 1. The van der Waals surface area contributed by atoms with Gasteiger partial charge in [-0.2, -0.15) is 0 Å². The first-order valence-electron chi connectivity index (χ1n) is 8.05. The predicted octanol–water partition coefficient (Wildman–Crippen LogP) is 0.612. The molecule has 0 bridgehead atoms. The van der Waals surface area contributed by atoms with Gasteiger partial charge in [-0.3, -0.25) is 14.6 Å². The maximum atomic E-state index is 13.0. The average Bonchev–Trinajstić information content (AvgIpc) is 2.59. The van der Waals surface area contributed by atoms with E-state index >= 15 is 0 Å². The summed E-state index contributed by atoms with van der Waals surface area (Å²) < 4.78 is 14.2. The summed E-state index contributed by atoms with van der Waals surface area (Å²) in [6.45, 7) is 1.44. The summed E-state index contributed by atoms with van der Waals surface area (Å²) in [6, 6.07) is 6.27.